The third kappa shape index (κ3) is 2.98. The van der Waals surface area contributed by atoms with E-state index in [1.807, 2.05) is 6.07 Å². The van der Waals surface area contributed by atoms with Crippen LogP contribution in [0.5, 0.6) is 0 Å². The Morgan fingerprint density at radius 3 is 2.44 bits per heavy atom. The Kier molecular flexibility index (Phi) is 4.03. The molecule has 0 aliphatic carbocycles. The smallest absolute Gasteiger partial charge is 0.152 e. The lowest BCUT2D eigenvalue weighted by molar-refractivity contribution is 0.479. The first-order valence-corrected chi connectivity index (χ1v) is 7.57. The Hall–Kier alpha value is -0.750. The summed E-state index contributed by atoms with van der Waals surface area (Å²) in [4.78, 5) is 0. The summed E-state index contributed by atoms with van der Waals surface area (Å²) in [6.45, 7) is 6.18. The molecule has 1 saturated heterocycles. The molecule has 1 unspecified atom stereocenters. The van der Waals surface area contributed by atoms with Crippen LogP contribution in [0.1, 0.15) is 38.9 Å². The van der Waals surface area contributed by atoms with Crippen molar-refractivity contribution in [3.05, 3.63) is 11.8 Å². The predicted octanol–water partition coefficient (Wildman–Crippen LogP) is 1.54. The minimum Gasteiger partial charge on any atom is -0.384 e. The van der Waals surface area contributed by atoms with Gasteiger partial charge in [0.1, 0.15) is 5.82 Å². The molecule has 0 saturated carbocycles. The van der Waals surface area contributed by atoms with Crippen LogP contribution >= 0.6 is 12.4 Å². The Labute approximate surface area is 114 Å². The number of aromatic nitrogens is 2. The summed E-state index contributed by atoms with van der Waals surface area (Å²) < 4.78 is 24.6. The normalized spacial score (nSPS) is 22.7. The molecule has 18 heavy (non-hydrogen) atoms. The number of halogens is 1. The average molecular weight is 294 g/mol. The van der Waals surface area contributed by atoms with Crippen molar-refractivity contribution in [3.63, 3.8) is 0 Å². The third-order valence-electron chi connectivity index (χ3n) is 3.09. The maximum Gasteiger partial charge on any atom is 0.152 e. The Bertz CT molecular complexity index is 531. The number of nitrogen functional groups attached to an aromatic ring is 1. The van der Waals surface area contributed by atoms with Gasteiger partial charge in [0.25, 0.3) is 0 Å². The maximum atomic E-state index is 11.4. The van der Waals surface area contributed by atoms with Crippen LogP contribution in [-0.2, 0) is 15.3 Å². The maximum absolute atomic E-state index is 11.4. The summed E-state index contributed by atoms with van der Waals surface area (Å²) in [5, 5.41) is 4.46. The van der Waals surface area contributed by atoms with Gasteiger partial charge in [-0.3, -0.25) is 0 Å². The van der Waals surface area contributed by atoms with Crippen molar-refractivity contribution in [2.45, 2.75) is 38.6 Å². The van der Waals surface area contributed by atoms with Crippen LogP contribution < -0.4 is 5.73 Å². The Balaban J connectivity index is 0.00000162. The lowest BCUT2D eigenvalue weighted by atomic mass is 9.92. The molecule has 0 spiro atoms. The number of nitrogens with zero attached hydrogens (tertiary/aromatic N) is 2. The highest BCUT2D eigenvalue weighted by atomic mass is 35.5. The first-order chi connectivity index (χ1) is 7.69. The highest BCUT2D eigenvalue weighted by Crippen LogP contribution is 2.29. The minimum absolute atomic E-state index is 0. The zero-order chi connectivity index (χ0) is 12.8. The fourth-order valence-corrected chi connectivity index (χ4v) is 3.73. The minimum atomic E-state index is -2.90. The van der Waals surface area contributed by atoms with E-state index < -0.39 is 9.84 Å². The Morgan fingerprint density at radius 1 is 1.44 bits per heavy atom. The lowest BCUT2D eigenvalue weighted by Gasteiger charge is -2.15. The second-order valence-electron chi connectivity index (χ2n) is 5.71. The molecule has 2 heterocycles. The molecule has 1 aliphatic rings. The largest absolute Gasteiger partial charge is 0.384 e. The number of rotatable bonds is 1. The summed E-state index contributed by atoms with van der Waals surface area (Å²) in [5.41, 5.74) is 6.74. The number of hydrogen-bond donors (Lipinski definition) is 1. The molecule has 2 N–H and O–H groups in total. The zero-order valence-electron chi connectivity index (χ0n) is 10.9. The number of sulfone groups is 1. The molecule has 7 heteroatoms. The van der Waals surface area contributed by atoms with Crippen LogP contribution in [0.15, 0.2) is 6.07 Å². The zero-order valence-corrected chi connectivity index (χ0v) is 12.5. The molecule has 2 rings (SSSR count). The van der Waals surface area contributed by atoms with Gasteiger partial charge in [-0.1, -0.05) is 20.8 Å². The van der Waals surface area contributed by atoms with Crippen molar-refractivity contribution in [2.75, 3.05) is 17.2 Å². The van der Waals surface area contributed by atoms with E-state index in [0.29, 0.717) is 12.2 Å². The lowest BCUT2D eigenvalue weighted by Crippen LogP contribution is -2.17. The third-order valence-corrected chi connectivity index (χ3v) is 4.84. The van der Waals surface area contributed by atoms with E-state index in [1.165, 1.54) is 0 Å². The first kappa shape index (κ1) is 15.3. The monoisotopic (exact) mass is 293 g/mol. The molecule has 5 nitrogen and oxygen atoms in total. The standard InChI is InChI=1S/C11H19N3O2S.ClH/c1-11(2,3)9-6-10(12)14(13-9)8-4-5-17(15,16)7-8;/h6,8H,4-5,7,12H2,1-3H3;1H. The van der Waals surface area contributed by atoms with E-state index in [9.17, 15) is 8.42 Å². The topological polar surface area (TPSA) is 78.0 Å². The van der Waals surface area contributed by atoms with Gasteiger partial charge in [-0.05, 0) is 6.42 Å². The summed E-state index contributed by atoms with van der Waals surface area (Å²) >= 11 is 0. The molecule has 0 bridgehead atoms. The van der Waals surface area contributed by atoms with E-state index in [4.69, 9.17) is 5.73 Å². The summed E-state index contributed by atoms with van der Waals surface area (Å²) in [5.74, 6) is 0.946. The fourth-order valence-electron chi connectivity index (χ4n) is 2.04. The van der Waals surface area contributed by atoms with Gasteiger partial charge in [-0.15, -0.1) is 12.4 Å². The molecule has 0 aromatic carbocycles. The molecule has 1 fully saturated rings. The molecule has 0 radical (unpaired) electrons. The van der Waals surface area contributed by atoms with Crippen LogP contribution in [0.2, 0.25) is 0 Å². The van der Waals surface area contributed by atoms with E-state index in [-0.39, 0.29) is 35.4 Å². The predicted molar refractivity (Wildman–Crippen MR) is 74.9 cm³/mol. The molecule has 1 aliphatic heterocycles. The van der Waals surface area contributed by atoms with Crippen molar-refractivity contribution >= 4 is 28.1 Å². The van der Waals surface area contributed by atoms with Gasteiger partial charge in [-0.2, -0.15) is 5.10 Å². The number of hydrogen-bond acceptors (Lipinski definition) is 4. The van der Waals surface area contributed by atoms with Gasteiger partial charge in [0.2, 0.25) is 0 Å². The van der Waals surface area contributed by atoms with E-state index in [2.05, 4.69) is 25.9 Å². The number of nitrogens with two attached hydrogens (primary N) is 1. The van der Waals surface area contributed by atoms with Crippen LogP contribution in [0, 0.1) is 0 Å². The molecule has 1 aromatic rings. The Morgan fingerprint density at radius 2 is 2.06 bits per heavy atom. The SMILES string of the molecule is CC(C)(C)c1cc(N)n(C2CCS(=O)(=O)C2)n1.Cl. The number of anilines is 1. The molecular weight excluding hydrogens is 274 g/mol. The van der Waals surface area contributed by atoms with Crippen molar-refractivity contribution in [3.8, 4) is 0 Å². The van der Waals surface area contributed by atoms with Gasteiger partial charge in [-0.25, -0.2) is 13.1 Å². The molecular formula is C11H20ClN3O2S. The fraction of sp³-hybridized carbons (Fsp3) is 0.727. The molecule has 1 aromatic heterocycles. The van der Waals surface area contributed by atoms with Crippen molar-refractivity contribution < 1.29 is 8.42 Å². The highest BCUT2D eigenvalue weighted by molar-refractivity contribution is 7.91. The van der Waals surface area contributed by atoms with Crippen LogP contribution in [0.3, 0.4) is 0 Å². The van der Waals surface area contributed by atoms with Gasteiger partial charge < -0.3 is 5.73 Å². The van der Waals surface area contributed by atoms with Gasteiger partial charge in [0.15, 0.2) is 9.84 Å². The summed E-state index contributed by atoms with van der Waals surface area (Å²) in [7, 11) is -2.90. The molecule has 0 amide bonds. The van der Waals surface area contributed by atoms with Gasteiger partial charge >= 0.3 is 0 Å². The van der Waals surface area contributed by atoms with Crippen LogP contribution in [0.25, 0.3) is 0 Å². The first-order valence-electron chi connectivity index (χ1n) is 5.75. The second kappa shape index (κ2) is 4.74. The molecule has 104 valence electrons. The highest BCUT2D eigenvalue weighted by Gasteiger charge is 2.31. The van der Waals surface area contributed by atoms with E-state index >= 15 is 0 Å². The summed E-state index contributed by atoms with van der Waals surface area (Å²) in [6, 6.07) is 1.74. The van der Waals surface area contributed by atoms with Crippen LogP contribution in [-0.4, -0.2) is 29.7 Å². The quantitative estimate of drug-likeness (QED) is 0.852. The van der Waals surface area contributed by atoms with E-state index in [0.717, 1.165) is 5.69 Å². The van der Waals surface area contributed by atoms with Gasteiger partial charge in [0.05, 0.1) is 23.2 Å². The molecule has 1 atom stereocenters. The van der Waals surface area contributed by atoms with Gasteiger partial charge in [0, 0.05) is 11.5 Å². The summed E-state index contributed by atoms with van der Waals surface area (Å²) in [6.07, 6.45) is 0.609. The van der Waals surface area contributed by atoms with Crippen molar-refractivity contribution in [1.29, 1.82) is 0 Å². The van der Waals surface area contributed by atoms with Crippen LogP contribution in [0.4, 0.5) is 5.82 Å². The van der Waals surface area contributed by atoms with Crippen molar-refractivity contribution in [1.82, 2.24) is 9.78 Å². The van der Waals surface area contributed by atoms with E-state index in [1.54, 1.807) is 4.68 Å². The van der Waals surface area contributed by atoms with Crippen molar-refractivity contribution in [2.24, 2.45) is 0 Å². The second-order valence-corrected chi connectivity index (χ2v) is 7.93. The average Bonchev–Trinajstić information content (AvgIpc) is 2.68.